The van der Waals surface area contributed by atoms with E-state index >= 15 is 0 Å². The highest BCUT2D eigenvalue weighted by Gasteiger charge is 2.06. The fourth-order valence-corrected chi connectivity index (χ4v) is 1.87. The predicted octanol–water partition coefficient (Wildman–Crippen LogP) is 3.19. The number of carbonyl (C=O) groups is 1. The molecular weight excluding hydrogens is 264 g/mol. The summed E-state index contributed by atoms with van der Waals surface area (Å²) in [6.07, 6.45) is 3.36. The lowest BCUT2D eigenvalue weighted by atomic mass is 10.1. The summed E-state index contributed by atoms with van der Waals surface area (Å²) in [5, 5.41) is 0. The molecule has 21 heavy (non-hydrogen) atoms. The van der Waals surface area contributed by atoms with Gasteiger partial charge < -0.3 is 15.4 Å². The van der Waals surface area contributed by atoms with E-state index in [4.69, 9.17) is 10.5 Å². The number of carbonyl (C=O) groups excluding carboxylic acids is 1. The summed E-state index contributed by atoms with van der Waals surface area (Å²) >= 11 is 0. The zero-order valence-electron chi connectivity index (χ0n) is 13.4. The maximum absolute atomic E-state index is 11.9. The molecule has 0 aliphatic heterocycles. The number of rotatable bonds is 7. The molecular formula is C17H26N2O2. The number of hydrogen-bond donors (Lipinski definition) is 1. The van der Waals surface area contributed by atoms with Gasteiger partial charge in [-0.1, -0.05) is 19.9 Å². The van der Waals surface area contributed by atoms with Gasteiger partial charge in [0.2, 0.25) is 5.91 Å². The summed E-state index contributed by atoms with van der Waals surface area (Å²) < 4.78 is 5.63. The third-order valence-corrected chi connectivity index (χ3v) is 3.10. The Morgan fingerprint density at radius 2 is 2.00 bits per heavy atom. The van der Waals surface area contributed by atoms with Gasteiger partial charge in [0.25, 0.3) is 0 Å². The first-order chi connectivity index (χ1) is 9.97. The number of nitrogens with two attached hydrogens (primary N) is 1. The molecule has 4 heteroatoms. The topological polar surface area (TPSA) is 55.6 Å². The lowest BCUT2D eigenvalue weighted by molar-refractivity contribution is -0.125. The molecule has 0 fully saturated rings. The van der Waals surface area contributed by atoms with Gasteiger partial charge in [-0.3, -0.25) is 4.79 Å². The van der Waals surface area contributed by atoms with Gasteiger partial charge in [0.15, 0.2) is 0 Å². The minimum atomic E-state index is 0.0127. The maximum atomic E-state index is 11.9. The SMILES string of the molecule is CCN(CC)C(=O)/C=C\c1ccc(OCC(C)C)c(N)c1. The molecule has 1 aromatic carbocycles. The number of anilines is 1. The van der Waals surface area contributed by atoms with Crippen LogP contribution in [0.3, 0.4) is 0 Å². The number of ether oxygens (including phenoxy) is 1. The van der Waals surface area contributed by atoms with Crippen LogP contribution in [0.2, 0.25) is 0 Å². The number of amides is 1. The van der Waals surface area contributed by atoms with Crippen LogP contribution in [-0.2, 0) is 4.79 Å². The van der Waals surface area contributed by atoms with Crippen molar-refractivity contribution in [3.63, 3.8) is 0 Å². The quantitative estimate of drug-likeness (QED) is 0.620. The summed E-state index contributed by atoms with van der Waals surface area (Å²) in [4.78, 5) is 13.7. The van der Waals surface area contributed by atoms with Gasteiger partial charge in [-0.15, -0.1) is 0 Å². The van der Waals surface area contributed by atoms with Gasteiger partial charge >= 0.3 is 0 Å². The largest absolute Gasteiger partial charge is 0.491 e. The van der Waals surface area contributed by atoms with Crippen LogP contribution in [-0.4, -0.2) is 30.5 Å². The first kappa shape index (κ1) is 17.1. The van der Waals surface area contributed by atoms with Gasteiger partial charge in [-0.05, 0) is 43.5 Å². The highest BCUT2D eigenvalue weighted by atomic mass is 16.5. The van der Waals surface area contributed by atoms with Crippen LogP contribution >= 0.6 is 0 Å². The Bertz CT molecular complexity index is 492. The van der Waals surface area contributed by atoms with E-state index < -0.39 is 0 Å². The van der Waals surface area contributed by atoms with Crippen LogP contribution < -0.4 is 10.5 Å². The number of likely N-dealkylation sites (N-methyl/N-ethyl adjacent to an activating group) is 1. The molecule has 0 saturated carbocycles. The summed E-state index contributed by atoms with van der Waals surface area (Å²) in [6.45, 7) is 10.2. The Labute approximate surface area is 127 Å². The second kappa shape index (κ2) is 8.35. The molecule has 4 nitrogen and oxygen atoms in total. The molecule has 2 N–H and O–H groups in total. The van der Waals surface area contributed by atoms with E-state index in [9.17, 15) is 4.79 Å². The van der Waals surface area contributed by atoms with Gasteiger partial charge in [-0.25, -0.2) is 0 Å². The highest BCUT2D eigenvalue weighted by molar-refractivity contribution is 5.91. The molecule has 0 spiro atoms. The van der Waals surface area contributed by atoms with Crippen LogP contribution in [0, 0.1) is 5.92 Å². The van der Waals surface area contributed by atoms with Crippen molar-refractivity contribution in [2.24, 2.45) is 5.92 Å². The van der Waals surface area contributed by atoms with E-state index in [-0.39, 0.29) is 5.91 Å². The van der Waals surface area contributed by atoms with Gasteiger partial charge in [0, 0.05) is 19.2 Å². The molecule has 1 amide bonds. The van der Waals surface area contributed by atoms with Crippen molar-refractivity contribution < 1.29 is 9.53 Å². The van der Waals surface area contributed by atoms with Crippen LogP contribution in [0.25, 0.3) is 6.08 Å². The molecule has 1 aromatic rings. The van der Waals surface area contributed by atoms with Crippen LogP contribution in [0.15, 0.2) is 24.3 Å². The smallest absolute Gasteiger partial charge is 0.246 e. The fourth-order valence-electron chi connectivity index (χ4n) is 1.87. The van der Waals surface area contributed by atoms with Crippen molar-refractivity contribution in [1.29, 1.82) is 0 Å². The van der Waals surface area contributed by atoms with Crippen LogP contribution in [0.4, 0.5) is 5.69 Å². The fraction of sp³-hybridized carbons (Fsp3) is 0.471. The first-order valence-corrected chi connectivity index (χ1v) is 7.47. The highest BCUT2D eigenvalue weighted by Crippen LogP contribution is 2.23. The maximum Gasteiger partial charge on any atom is 0.246 e. The van der Waals surface area contributed by atoms with Crippen molar-refractivity contribution >= 4 is 17.7 Å². The Kier molecular flexibility index (Phi) is 6.79. The normalized spacial score (nSPS) is 11.1. The molecule has 1 rings (SSSR count). The first-order valence-electron chi connectivity index (χ1n) is 7.47. The van der Waals surface area contributed by atoms with E-state index in [0.717, 1.165) is 5.56 Å². The van der Waals surface area contributed by atoms with E-state index in [2.05, 4.69) is 13.8 Å². The molecule has 0 aliphatic rings. The summed E-state index contributed by atoms with van der Waals surface area (Å²) in [5.41, 5.74) is 7.46. The third kappa shape index (κ3) is 5.50. The van der Waals surface area contributed by atoms with Gasteiger partial charge in [-0.2, -0.15) is 0 Å². The number of hydrogen-bond acceptors (Lipinski definition) is 3. The van der Waals surface area contributed by atoms with E-state index in [1.54, 1.807) is 17.1 Å². The minimum absolute atomic E-state index is 0.0127. The number of nitrogens with zero attached hydrogens (tertiary/aromatic N) is 1. The Hall–Kier alpha value is -1.97. The van der Waals surface area contributed by atoms with Crippen molar-refractivity contribution in [2.45, 2.75) is 27.7 Å². The van der Waals surface area contributed by atoms with E-state index in [1.165, 1.54) is 0 Å². The lowest BCUT2D eigenvalue weighted by Crippen LogP contribution is -2.28. The third-order valence-electron chi connectivity index (χ3n) is 3.10. The van der Waals surface area contributed by atoms with Crippen LogP contribution in [0.5, 0.6) is 5.75 Å². The van der Waals surface area contributed by atoms with Crippen molar-refractivity contribution in [2.75, 3.05) is 25.4 Å². The predicted molar refractivity (Wildman–Crippen MR) is 88.1 cm³/mol. The van der Waals surface area contributed by atoms with Gasteiger partial charge in [0.1, 0.15) is 5.75 Å². The van der Waals surface area contributed by atoms with E-state index in [1.807, 2.05) is 32.0 Å². The average Bonchev–Trinajstić information content (AvgIpc) is 2.45. The lowest BCUT2D eigenvalue weighted by Gasteiger charge is -2.16. The van der Waals surface area contributed by atoms with E-state index in [0.29, 0.717) is 37.1 Å². The molecule has 0 saturated heterocycles. The molecule has 0 aromatic heterocycles. The molecule has 116 valence electrons. The van der Waals surface area contributed by atoms with Crippen LogP contribution in [0.1, 0.15) is 33.3 Å². The molecule has 0 aliphatic carbocycles. The van der Waals surface area contributed by atoms with Crippen molar-refractivity contribution in [3.05, 3.63) is 29.8 Å². The summed E-state index contributed by atoms with van der Waals surface area (Å²) in [7, 11) is 0. The Balaban J connectivity index is 2.73. The summed E-state index contributed by atoms with van der Waals surface area (Å²) in [5.74, 6) is 1.16. The molecule has 0 unspecified atom stereocenters. The van der Waals surface area contributed by atoms with Gasteiger partial charge in [0.05, 0.1) is 12.3 Å². The Morgan fingerprint density at radius 3 is 2.52 bits per heavy atom. The monoisotopic (exact) mass is 290 g/mol. The standard InChI is InChI=1S/C17H26N2O2/c1-5-19(6-2)17(20)10-8-14-7-9-16(15(18)11-14)21-12-13(3)4/h7-11,13H,5-6,12,18H2,1-4H3/b10-8-. The molecule has 0 atom stereocenters. The molecule has 0 radical (unpaired) electrons. The second-order valence-electron chi connectivity index (χ2n) is 5.35. The number of nitrogen functional groups attached to an aromatic ring is 1. The molecule has 0 heterocycles. The minimum Gasteiger partial charge on any atom is -0.491 e. The van der Waals surface area contributed by atoms with Crippen molar-refractivity contribution in [3.8, 4) is 5.75 Å². The zero-order valence-corrected chi connectivity index (χ0v) is 13.4. The average molecular weight is 290 g/mol. The Morgan fingerprint density at radius 1 is 1.33 bits per heavy atom. The van der Waals surface area contributed by atoms with Crippen molar-refractivity contribution in [1.82, 2.24) is 4.90 Å². The molecule has 0 bridgehead atoms. The second-order valence-corrected chi connectivity index (χ2v) is 5.35. The summed E-state index contributed by atoms with van der Waals surface area (Å²) in [6, 6.07) is 5.57. The zero-order chi connectivity index (χ0) is 15.8. The number of benzene rings is 1.